The van der Waals surface area contributed by atoms with Crippen molar-refractivity contribution in [1.29, 1.82) is 0 Å². The molecule has 1 aromatic heterocycles. The van der Waals surface area contributed by atoms with Gasteiger partial charge in [-0.1, -0.05) is 0 Å². The normalized spacial score (nSPS) is 12.5. The number of nitrogens with zero attached hydrogens (tertiary/aromatic N) is 1. The van der Waals surface area contributed by atoms with Crippen LogP contribution < -0.4 is 11.1 Å². The van der Waals surface area contributed by atoms with Gasteiger partial charge < -0.3 is 16.0 Å². The van der Waals surface area contributed by atoms with Crippen molar-refractivity contribution in [2.75, 3.05) is 6.54 Å². The molecule has 5 nitrogen and oxygen atoms in total. The maximum atomic E-state index is 11.0. The van der Waals surface area contributed by atoms with Gasteiger partial charge in [0, 0.05) is 25.4 Å². The monoisotopic (exact) mass is 182 g/mol. The topological polar surface area (TPSA) is 83.8 Å². The van der Waals surface area contributed by atoms with E-state index in [9.17, 15) is 4.79 Å². The molecule has 0 fully saturated rings. The maximum absolute atomic E-state index is 11.0. The fourth-order valence-electron chi connectivity index (χ4n) is 0.900. The van der Waals surface area contributed by atoms with Gasteiger partial charge in [0.15, 0.2) is 0 Å². The average molecular weight is 182 g/mol. The highest BCUT2D eigenvalue weighted by molar-refractivity contribution is 5.80. The lowest BCUT2D eigenvalue weighted by atomic mass is 10.3. The molecule has 0 aliphatic rings. The number of nitrogens with two attached hydrogens (primary N) is 1. The van der Waals surface area contributed by atoms with Crippen LogP contribution in [0.3, 0.4) is 0 Å². The van der Waals surface area contributed by atoms with E-state index in [1.54, 1.807) is 19.3 Å². The Hall–Kier alpha value is -1.36. The Labute approximate surface area is 76.7 Å². The molecule has 0 radical (unpaired) electrons. The van der Waals surface area contributed by atoms with E-state index < -0.39 is 6.04 Å². The minimum atomic E-state index is -0.448. The molecule has 0 aromatic carbocycles. The molecular formula is C8H14N4O. The maximum Gasteiger partial charge on any atom is 0.236 e. The highest BCUT2D eigenvalue weighted by atomic mass is 16.2. The first-order valence-corrected chi connectivity index (χ1v) is 4.21. The minimum Gasteiger partial charge on any atom is -0.354 e. The van der Waals surface area contributed by atoms with E-state index in [0.717, 1.165) is 5.82 Å². The largest absolute Gasteiger partial charge is 0.354 e. The van der Waals surface area contributed by atoms with E-state index in [4.69, 9.17) is 5.73 Å². The van der Waals surface area contributed by atoms with Crippen molar-refractivity contribution in [3.63, 3.8) is 0 Å². The number of hydrogen-bond donors (Lipinski definition) is 3. The predicted octanol–water partition coefficient (Wildman–Crippen LogP) is -0.584. The Kier molecular flexibility index (Phi) is 3.45. The molecule has 1 rings (SSSR count). The molecule has 1 amide bonds. The van der Waals surface area contributed by atoms with Gasteiger partial charge in [0.2, 0.25) is 5.91 Å². The molecule has 13 heavy (non-hydrogen) atoms. The van der Waals surface area contributed by atoms with Gasteiger partial charge in [-0.05, 0) is 6.92 Å². The molecule has 0 aliphatic carbocycles. The third-order valence-corrected chi connectivity index (χ3v) is 1.63. The number of aromatic amines is 1. The first-order chi connectivity index (χ1) is 6.20. The van der Waals surface area contributed by atoms with Crippen molar-refractivity contribution >= 4 is 5.91 Å². The first kappa shape index (κ1) is 9.73. The van der Waals surface area contributed by atoms with Gasteiger partial charge in [-0.25, -0.2) is 4.98 Å². The van der Waals surface area contributed by atoms with Crippen molar-refractivity contribution in [2.24, 2.45) is 5.73 Å². The van der Waals surface area contributed by atoms with E-state index in [-0.39, 0.29) is 5.91 Å². The van der Waals surface area contributed by atoms with Crippen LogP contribution in [0, 0.1) is 0 Å². The Morgan fingerprint density at radius 3 is 3.15 bits per heavy atom. The van der Waals surface area contributed by atoms with Gasteiger partial charge in [0.05, 0.1) is 6.04 Å². The summed E-state index contributed by atoms with van der Waals surface area (Å²) in [6.07, 6.45) is 4.14. The molecule has 72 valence electrons. The van der Waals surface area contributed by atoms with Crippen LogP contribution in [0.15, 0.2) is 12.4 Å². The molecule has 0 aliphatic heterocycles. The number of imidazole rings is 1. The van der Waals surface area contributed by atoms with E-state index in [1.165, 1.54) is 0 Å². The Bertz CT molecular complexity index is 255. The second-order valence-electron chi connectivity index (χ2n) is 2.87. The molecular weight excluding hydrogens is 168 g/mol. The van der Waals surface area contributed by atoms with Crippen molar-refractivity contribution in [3.8, 4) is 0 Å². The Morgan fingerprint density at radius 1 is 1.85 bits per heavy atom. The summed E-state index contributed by atoms with van der Waals surface area (Å²) in [4.78, 5) is 18.0. The molecule has 0 bridgehead atoms. The first-order valence-electron chi connectivity index (χ1n) is 4.21. The lowest BCUT2D eigenvalue weighted by molar-refractivity contribution is -0.121. The summed E-state index contributed by atoms with van der Waals surface area (Å²) in [6.45, 7) is 2.22. The lowest BCUT2D eigenvalue weighted by Crippen LogP contribution is -2.39. The molecule has 0 saturated heterocycles. The average Bonchev–Trinajstić information content (AvgIpc) is 2.56. The zero-order valence-electron chi connectivity index (χ0n) is 7.58. The summed E-state index contributed by atoms with van der Waals surface area (Å²) in [5.41, 5.74) is 5.36. The van der Waals surface area contributed by atoms with E-state index >= 15 is 0 Å². The number of H-pyrrole nitrogens is 1. The quantitative estimate of drug-likeness (QED) is 0.582. The van der Waals surface area contributed by atoms with Gasteiger partial charge >= 0.3 is 0 Å². The lowest BCUT2D eigenvalue weighted by Gasteiger charge is -2.05. The zero-order valence-corrected chi connectivity index (χ0v) is 7.58. The van der Waals surface area contributed by atoms with Crippen LogP contribution in [0.5, 0.6) is 0 Å². The molecule has 0 saturated carbocycles. The minimum absolute atomic E-state index is 0.133. The zero-order chi connectivity index (χ0) is 9.68. The van der Waals surface area contributed by atoms with Crippen LogP contribution >= 0.6 is 0 Å². The van der Waals surface area contributed by atoms with Crippen LogP contribution in [0.1, 0.15) is 12.7 Å². The Morgan fingerprint density at radius 2 is 2.62 bits per heavy atom. The molecule has 1 atom stereocenters. The van der Waals surface area contributed by atoms with Crippen LogP contribution in [0.25, 0.3) is 0 Å². The molecule has 1 aromatic rings. The van der Waals surface area contributed by atoms with E-state index in [0.29, 0.717) is 13.0 Å². The third kappa shape index (κ3) is 3.25. The van der Waals surface area contributed by atoms with Crippen molar-refractivity contribution < 1.29 is 4.79 Å². The van der Waals surface area contributed by atoms with Gasteiger partial charge in [-0.15, -0.1) is 0 Å². The van der Waals surface area contributed by atoms with Crippen molar-refractivity contribution in [1.82, 2.24) is 15.3 Å². The fourth-order valence-corrected chi connectivity index (χ4v) is 0.900. The van der Waals surface area contributed by atoms with Crippen LogP contribution in [0.4, 0.5) is 0 Å². The van der Waals surface area contributed by atoms with Crippen LogP contribution in [-0.4, -0.2) is 28.5 Å². The second kappa shape index (κ2) is 4.61. The molecule has 5 heteroatoms. The standard InChI is InChI=1S/C8H14N4O/c1-6(9)8(13)12-3-2-7-10-4-5-11-7/h4-6H,2-3,9H2,1H3,(H,10,11)(H,12,13). The SMILES string of the molecule is CC(N)C(=O)NCCc1ncc[nH]1. The summed E-state index contributed by atoms with van der Waals surface area (Å²) in [5, 5.41) is 2.70. The van der Waals surface area contributed by atoms with E-state index in [2.05, 4.69) is 15.3 Å². The highest BCUT2D eigenvalue weighted by Gasteiger charge is 2.05. The number of nitrogens with one attached hydrogen (secondary N) is 2. The Balaban J connectivity index is 2.18. The smallest absolute Gasteiger partial charge is 0.236 e. The number of amides is 1. The number of rotatable bonds is 4. The highest BCUT2D eigenvalue weighted by Crippen LogP contribution is 1.88. The van der Waals surface area contributed by atoms with Gasteiger partial charge in [0.1, 0.15) is 5.82 Å². The number of aromatic nitrogens is 2. The number of hydrogen-bond acceptors (Lipinski definition) is 3. The van der Waals surface area contributed by atoms with Crippen LogP contribution in [-0.2, 0) is 11.2 Å². The number of carbonyl (C=O) groups excluding carboxylic acids is 1. The molecule has 1 heterocycles. The van der Waals surface area contributed by atoms with Crippen molar-refractivity contribution in [2.45, 2.75) is 19.4 Å². The fraction of sp³-hybridized carbons (Fsp3) is 0.500. The third-order valence-electron chi connectivity index (χ3n) is 1.63. The van der Waals surface area contributed by atoms with Crippen LogP contribution in [0.2, 0.25) is 0 Å². The molecule has 4 N–H and O–H groups in total. The van der Waals surface area contributed by atoms with E-state index in [1.807, 2.05) is 0 Å². The molecule has 0 spiro atoms. The van der Waals surface area contributed by atoms with Crippen molar-refractivity contribution in [3.05, 3.63) is 18.2 Å². The number of carbonyl (C=O) groups is 1. The van der Waals surface area contributed by atoms with Gasteiger partial charge in [-0.2, -0.15) is 0 Å². The second-order valence-corrected chi connectivity index (χ2v) is 2.87. The summed E-state index contributed by atoms with van der Waals surface area (Å²) in [6, 6.07) is -0.448. The summed E-state index contributed by atoms with van der Waals surface area (Å²) in [5.74, 6) is 0.733. The van der Waals surface area contributed by atoms with Gasteiger partial charge in [-0.3, -0.25) is 4.79 Å². The van der Waals surface area contributed by atoms with Gasteiger partial charge in [0.25, 0.3) is 0 Å². The molecule has 1 unspecified atom stereocenters. The predicted molar refractivity (Wildman–Crippen MR) is 49.0 cm³/mol. The summed E-state index contributed by atoms with van der Waals surface area (Å²) in [7, 11) is 0. The summed E-state index contributed by atoms with van der Waals surface area (Å²) < 4.78 is 0. The summed E-state index contributed by atoms with van der Waals surface area (Å²) >= 11 is 0.